The smallest absolute Gasteiger partial charge is 0.124 e. The largest absolute Gasteiger partial charge is 0.489 e. The number of hydrogen-bond acceptors (Lipinski definition) is 3. The number of hydrogen-bond donors (Lipinski definition) is 1. The van der Waals surface area contributed by atoms with Gasteiger partial charge in [0.2, 0.25) is 0 Å². The molecular weight excluding hydrogens is 255 g/mol. The average Bonchev–Trinajstić information content (AvgIpc) is 2.46. The molecule has 0 unspecified atom stereocenters. The number of rotatable bonds is 4. The molecule has 0 amide bonds. The van der Waals surface area contributed by atoms with Gasteiger partial charge in [0.25, 0.3) is 0 Å². The summed E-state index contributed by atoms with van der Waals surface area (Å²) in [6, 6.07) is 13.2. The molecule has 2 N–H and O–H groups in total. The van der Waals surface area contributed by atoms with E-state index in [0.29, 0.717) is 23.5 Å². The second-order valence-corrected chi connectivity index (χ2v) is 4.57. The zero-order valence-corrected chi connectivity index (χ0v) is 11.1. The Bertz CT molecular complexity index is 630. The van der Waals surface area contributed by atoms with Crippen LogP contribution in [0.5, 0.6) is 5.75 Å². The van der Waals surface area contributed by atoms with Crippen LogP contribution in [0.4, 0.5) is 4.39 Å². The van der Waals surface area contributed by atoms with Crippen LogP contribution in [0.1, 0.15) is 29.7 Å². The maximum absolute atomic E-state index is 13.2. The third kappa shape index (κ3) is 3.34. The van der Waals surface area contributed by atoms with E-state index in [9.17, 15) is 4.39 Å². The molecule has 0 saturated heterocycles. The van der Waals surface area contributed by atoms with Crippen molar-refractivity contribution >= 4 is 0 Å². The predicted molar refractivity (Wildman–Crippen MR) is 74.5 cm³/mol. The van der Waals surface area contributed by atoms with E-state index in [1.54, 1.807) is 25.1 Å². The summed E-state index contributed by atoms with van der Waals surface area (Å²) in [5.41, 5.74) is 7.98. The monoisotopic (exact) mass is 270 g/mol. The van der Waals surface area contributed by atoms with Crippen molar-refractivity contribution in [2.75, 3.05) is 0 Å². The lowest BCUT2D eigenvalue weighted by Gasteiger charge is -2.14. The van der Waals surface area contributed by atoms with Crippen molar-refractivity contribution in [1.29, 1.82) is 5.26 Å². The van der Waals surface area contributed by atoms with E-state index >= 15 is 0 Å². The first-order valence-electron chi connectivity index (χ1n) is 6.27. The molecule has 2 rings (SSSR count). The van der Waals surface area contributed by atoms with Gasteiger partial charge in [0.05, 0.1) is 11.6 Å². The van der Waals surface area contributed by atoms with Crippen molar-refractivity contribution in [3.63, 3.8) is 0 Å². The lowest BCUT2D eigenvalue weighted by Crippen LogP contribution is -2.08. The summed E-state index contributed by atoms with van der Waals surface area (Å²) in [6.45, 7) is 2.13. The van der Waals surface area contributed by atoms with E-state index in [2.05, 4.69) is 6.07 Å². The zero-order chi connectivity index (χ0) is 14.5. The molecule has 20 heavy (non-hydrogen) atoms. The second-order valence-electron chi connectivity index (χ2n) is 4.57. The van der Waals surface area contributed by atoms with Crippen molar-refractivity contribution in [3.8, 4) is 11.8 Å². The van der Waals surface area contributed by atoms with Gasteiger partial charge in [0.15, 0.2) is 0 Å². The van der Waals surface area contributed by atoms with Crippen LogP contribution in [-0.4, -0.2) is 0 Å². The van der Waals surface area contributed by atoms with E-state index in [-0.39, 0.29) is 11.9 Å². The molecule has 0 saturated carbocycles. The van der Waals surface area contributed by atoms with Crippen LogP contribution in [0.2, 0.25) is 0 Å². The van der Waals surface area contributed by atoms with Crippen molar-refractivity contribution in [1.82, 2.24) is 0 Å². The normalized spacial score (nSPS) is 11.7. The Morgan fingerprint density at radius 3 is 2.55 bits per heavy atom. The van der Waals surface area contributed by atoms with E-state index in [4.69, 9.17) is 15.7 Å². The fourth-order valence-electron chi connectivity index (χ4n) is 1.84. The zero-order valence-electron chi connectivity index (χ0n) is 11.1. The highest BCUT2D eigenvalue weighted by molar-refractivity contribution is 5.37. The van der Waals surface area contributed by atoms with E-state index in [1.807, 2.05) is 12.1 Å². The summed E-state index contributed by atoms with van der Waals surface area (Å²) in [6.07, 6.45) is 0. The molecule has 0 radical (unpaired) electrons. The summed E-state index contributed by atoms with van der Waals surface area (Å²) in [4.78, 5) is 0. The van der Waals surface area contributed by atoms with Crippen molar-refractivity contribution in [2.24, 2.45) is 5.73 Å². The Kier molecular flexibility index (Phi) is 4.34. The molecule has 3 nitrogen and oxygen atoms in total. The molecule has 2 aromatic carbocycles. The Morgan fingerprint density at radius 2 is 1.95 bits per heavy atom. The minimum atomic E-state index is -0.331. The van der Waals surface area contributed by atoms with Gasteiger partial charge in [0.1, 0.15) is 18.2 Å². The minimum Gasteiger partial charge on any atom is -0.489 e. The third-order valence-electron chi connectivity index (χ3n) is 2.94. The van der Waals surface area contributed by atoms with Crippen LogP contribution in [0, 0.1) is 17.1 Å². The van der Waals surface area contributed by atoms with Gasteiger partial charge in [0, 0.05) is 11.6 Å². The number of benzene rings is 2. The summed E-state index contributed by atoms with van der Waals surface area (Å²) >= 11 is 0. The van der Waals surface area contributed by atoms with Gasteiger partial charge in [-0.05, 0) is 42.8 Å². The molecule has 0 aliphatic carbocycles. The number of halogens is 1. The van der Waals surface area contributed by atoms with E-state index in [0.717, 1.165) is 5.56 Å². The highest BCUT2D eigenvalue weighted by Gasteiger charge is 2.09. The lowest BCUT2D eigenvalue weighted by atomic mass is 10.1. The summed E-state index contributed by atoms with van der Waals surface area (Å²) in [5.74, 6) is 0.244. The molecule has 0 aliphatic rings. The fraction of sp³-hybridized carbons (Fsp3) is 0.188. The van der Waals surface area contributed by atoms with Gasteiger partial charge in [-0.25, -0.2) is 4.39 Å². The Hall–Kier alpha value is -2.38. The lowest BCUT2D eigenvalue weighted by molar-refractivity contribution is 0.301. The number of nitrogens with zero attached hydrogens (tertiary/aromatic N) is 1. The predicted octanol–water partition coefficient (Wildman–Crippen LogP) is 3.30. The maximum Gasteiger partial charge on any atom is 0.124 e. The molecule has 2 aromatic rings. The fourth-order valence-corrected chi connectivity index (χ4v) is 1.84. The SMILES string of the molecule is C[C@@H](N)c1cc(F)ccc1OCc1ccc(C#N)cc1. The molecule has 4 heteroatoms. The van der Waals surface area contributed by atoms with E-state index < -0.39 is 0 Å². The molecule has 0 bridgehead atoms. The van der Waals surface area contributed by atoms with Gasteiger partial charge in [-0.1, -0.05) is 12.1 Å². The molecule has 0 aromatic heterocycles. The Balaban J connectivity index is 2.12. The van der Waals surface area contributed by atoms with Crippen LogP contribution in [0.3, 0.4) is 0 Å². The van der Waals surface area contributed by atoms with Gasteiger partial charge < -0.3 is 10.5 Å². The second kappa shape index (κ2) is 6.18. The number of nitriles is 1. The molecule has 102 valence electrons. The van der Waals surface area contributed by atoms with Crippen molar-refractivity contribution in [2.45, 2.75) is 19.6 Å². The molecule has 0 spiro atoms. The third-order valence-corrected chi connectivity index (χ3v) is 2.94. The van der Waals surface area contributed by atoms with Crippen LogP contribution >= 0.6 is 0 Å². The summed E-state index contributed by atoms with van der Waals surface area (Å²) in [7, 11) is 0. The van der Waals surface area contributed by atoms with Gasteiger partial charge in [-0.2, -0.15) is 5.26 Å². The van der Waals surface area contributed by atoms with Crippen molar-refractivity contribution in [3.05, 3.63) is 65.0 Å². The quantitative estimate of drug-likeness (QED) is 0.927. The Morgan fingerprint density at radius 1 is 1.25 bits per heavy atom. The molecule has 0 heterocycles. The summed E-state index contributed by atoms with van der Waals surface area (Å²) < 4.78 is 18.9. The average molecular weight is 270 g/mol. The first kappa shape index (κ1) is 14.0. The minimum absolute atomic E-state index is 0.304. The molecule has 0 aliphatic heterocycles. The van der Waals surface area contributed by atoms with Gasteiger partial charge in [-0.15, -0.1) is 0 Å². The van der Waals surface area contributed by atoms with Crippen LogP contribution < -0.4 is 10.5 Å². The molecule has 1 atom stereocenters. The molecular formula is C16H15FN2O. The van der Waals surface area contributed by atoms with E-state index in [1.165, 1.54) is 12.1 Å². The first-order chi connectivity index (χ1) is 9.60. The standard InChI is InChI=1S/C16H15FN2O/c1-11(19)15-8-14(17)6-7-16(15)20-10-13-4-2-12(9-18)3-5-13/h2-8,11H,10,19H2,1H3/t11-/m1/s1. The Labute approximate surface area is 117 Å². The van der Waals surface area contributed by atoms with Crippen LogP contribution in [0.25, 0.3) is 0 Å². The topological polar surface area (TPSA) is 59.0 Å². The van der Waals surface area contributed by atoms with Gasteiger partial charge >= 0.3 is 0 Å². The first-order valence-corrected chi connectivity index (χ1v) is 6.27. The highest BCUT2D eigenvalue weighted by atomic mass is 19.1. The number of nitrogens with two attached hydrogens (primary N) is 1. The van der Waals surface area contributed by atoms with Crippen LogP contribution in [-0.2, 0) is 6.61 Å². The van der Waals surface area contributed by atoms with Crippen LogP contribution in [0.15, 0.2) is 42.5 Å². The van der Waals surface area contributed by atoms with Crippen molar-refractivity contribution < 1.29 is 9.13 Å². The van der Waals surface area contributed by atoms with Gasteiger partial charge in [-0.3, -0.25) is 0 Å². The molecule has 0 fully saturated rings. The number of ether oxygens (including phenoxy) is 1. The highest BCUT2D eigenvalue weighted by Crippen LogP contribution is 2.25. The summed E-state index contributed by atoms with van der Waals surface area (Å²) in [5, 5.41) is 8.73. The maximum atomic E-state index is 13.2.